The molecule has 1 aliphatic rings. The quantitative estimate of drug-likeness (QED) is 0.504. The minimum Gasteiger partial charge on any atom is -0.380 e. The van der Waals surface area contributed by atoms with Crippen LogP contribution in [0.2, 0.25) is 0 Å². The third-order valence-electron chi connectivity index (χ3n) is 1.41. The van der Waals surface area contributed by atoms with Gasteiger partial charge in [0.1, 0.15) is 0 Å². The van der Waals surface area contributed by atoms with Gasteiger partial charge in [0, 0.05) is 11.8 Å². The maximum atomic E-state index is 8.26. The lowest BCUT2D eigenvalue weighted by atomic mass is 9.86. The highest BCUT2D eigenvalue weighted by atomic mass is 16.5. The van der Waals surface area contributed by atoms with Gasteiger partial charge in [-0.3, -0.25) is 0 Å². The maximum Gasteiger partial charge on any atom is 0.0629 e. The van der Waals surface area contributed by atoms with Gasteiger partial charge in [-0.2, -0.15) is 5.26 Å². The van der Waals surface area contributed by atoms with Gasteiger partial charge in [0.05, 0.1) is 19.3 Å². The predicted molar refractivity (Wildman–Crippen MR) is 29.2 cm³/mol. The lowest BCUT2D eigenvalue weighted by Gasteiger charge is -2.35. The molecular formula is C6H9NO. The Balaban J connectivity index is 2.33. The molecule has 2 nitrogen and oxygen atoms in total. The summed E-state index contributed by atoms with van der Waals surface area (Å²) in [5.74, 6) is 0. The summed E-state index contributed by atoms with van der Waals surface area (Å²) in [6.07, 6.45) is 0.632. The van der Waals surface area contributed by atoms with Gasteiger partial charge < -0.3 is 4.74 Å². The van der Waals surface area contributed by atoms with Crippen LogP contribution in [0, 0.1) is 16.7 Å². The molecule has 0 atom stereocenters. The second-order valence-corrected chi connectivity index (χ2v) is 2.64. The van der Waals surface area contributed by atoms with Crippen LogP contribution in [0.1, 0.15) is 13.3 Å². The molecule has 1 heterocycles. The van der Waals surface area contributed by atoms with Crippen molar-refractivity contribution in [3.63, 3.8) is 0 Å². The molecule has 2 heteroatoms. The molecule has 0 saturated carbocycles. The first-order valence-electron chi connectivity index (χ1n) is 2.72. The van der Waals surface area contributed by atoms with Crippen molar-refractivity contribution in [2.45, 2.75) is 13.3 Å². The van der Waals surface area contributed by atoms with E-state index in [0.717, 1.165) is 13.2 Å². The monoisotopic (exact) mass is 111 g/mol. The summed E-state index contributed by atoms with van der Waals surface area (Å²) in [6.45, 7) is 3.60. The zero-order chi connectivity index (χ0) is 6.04. The van der Waals surface area contributed by atoms with Crippen LogP contribution in [0.15, 0.2) is 0 Å². The molecular weight excluding hydrogens is 102 g/mol. The van der Waals surface area contributed by atoms with Crippen molar-refractivity contribution in [1.29, 1.82) is 5.26 Å². The van der Waals surface area contributed by atoms with E-state index in [1.807, 2.05) is 0 Å². The maximum absolute atomic E-state index is 8.26. The fourth-order valence-electron chi connectivity index (χ4n) is 0.743. The van der Waals surface area contributed by atoms with E-state index in [2.05, 4.69) is 13.0 Å². The third kappa shape index (κ3) is 0.823. The fourth-order valence-corrected chi connectivity index (χ4v) is 0.743. The summed E-state index contributed by atoms with van der Waals surface area (Å²) in [5.41, 5.74) is 0.189. The highest BCUT2D eigenvalue weighted by Gasteiger charge is 2.32. The van der Waals surface area contributed by atoms with Crippen LogP contribution in [0.5, 0.6) is 0 Å². The lowest BCUT2D eigenvalue weighted by molar-refractivity contribution is -0.0979. The Morgan fingerprint density at radius 3 is 2.50 bits per heavy atom. The molecule has 0 aromatic heterocycles. The molecule has 0 amide bonds. The zero-order valence-electron chi connectivity index (χ0n) is 4.98. The standard InChI is InChI=1S/C6H9NO/c1-6(2-3-7)4-8-5-6/h2,4-5H2,1H3. The van der Waals surface area contributed by atoms with Crippen LogP contribution in [-0.2, 0) is 4.74 Å². The van der Waals surface area contributed by atoms with Crippen molar-refractivity contribution in [3.8, 4) is 6.07 Å². The second kappa shape index (κ2) is 1.75. The molecule has 0 aliphatic carbocycles. The number of hydrogen-bond acceptors (Lipinski definition) is 2. The van der Waals surface area contributed by atoms with Gasteiger partial charge in [0.15, 0.2) is 0 Å². The average molecular weight is 111 g/mol. The summed E-state index contributed by atoms with van der Waals surface area (Å²) < 4.78 is 4.94. The summed E-state index contributed by atoms with van der Waals surface area (Å²) in [4.78, 5) is 0. The highest BCUT2D eigenvalue weighted by molar-refractivity contribution is 4.89. The minimum atomic E-state index is 0.189. The predicted octanol–water partition coefficient (Wildman–Crippen LogP) is 0.937. The Morgan fingerprint density at radius 1 is 1.75 bits per heavy atom. The van der Waals surface area contributed by atoms with E-state index in [4.69, 9.17) is 10.00 Å². The molecule has 1 aliphatic heterocycles. The number of nitrogens with zero attached hydrogens (tertiary/aromatic N) is 1. The van der Waals surface area contributed by atoms with Crippen LogP contribution in [0.3, 0.4) is 0 Å². The Bertz CT molecular complexity index is 121. The van der Waals surface area contributed by atoms with Gasteiger partial charge in [0.2, 0.25) is 0 Å². The van der Waals surface area contributed by atoms with Gasteiger partial charge in [-0.05, 0) is 0 Å². The van der Waals surface area contributed by atoms with E-state index in [-0.39, 0.29) is 5.41 Å². The molecule has 0 N–H and O–H groups in total. The molecule has 0 radical (unpaired) electrons. The van der Waals surface area contributed by atoms with Crippen LogP contribution in [0.25, 0.3) is 0 Å². The van der Waals surface area contributed by atoms with Crippen molar-refractivity contribution in [2.24, 2.45) is 5.41 Å². The first-order chi connectivity index (χ1) is 3.77. The molecule has 1 rings (SSSR count). The van der Waals surface area contributed by atoms with E-state index >= 15 is 0 Å². The highest BCUT2D eigenvalue weighted by Crippen LogP contribution is 2.29. The lowest BCUT2D eigenvalue weighted by Crippen LogP contribution is -2.39. The van der Waals surface area contributed by atoms with Crippen molar-refractivity contribution < 1.29 is 4.74 Å². The van der Waals surface area contributed by atoms with E-state index in [9.17, 15) is 0 Å². The van der Waals surface area contributed by atoms with Gasteiger partial charge >= 0.3 is 0 Å². The number of nitriles is 1. The molecule has 8 heavy (non-hydrogen) atoms. The molecule has 0 unspecified atom stereocenters. The largest absolute Gasteiger partial charge is 0.380 e. The van der Waals surface area contributed by atoms with Crippen LogP contribution in [-0.4, -0.2) is 13.2 Å². The number of ether oxygens (including phenoxy) is 1. The van der Waals surface area contributed by atoms with Gasteiger partial charge in [-0.25, -0.2) is 0 Å². The number of rotatable bonds is 1. The molecule has 0 aromatic carbocycles. The normalized spacial score (nSPS) is 23.5. The van der Waals surface area contributed by atoms with Crippen molar-refractivity contribution in [2.75, 3.05) is 13.2 Å². The van der Waals surface area contributed by atoms with Gasteiger partial charge in [-0.15, -0.1) is 0 Å². The van der Waals surface area contributed by atoms with Crippen LogP contribution < -0.4 is 0 Å². The molecule has 44 valence electrons. The Hall–Kier alpha value is -0.550. The topological polar surface area (TPSA) is 33.0 Å². The van der Waals surface area contributed by atoms with E-state index in [1.54, 1.807) is 0 Å². The molecule has 1 fully saturated rings. The Labute approximate surface area is 49.1 Å². The molecule has 0 bridgehead atoms. The summed E-state index contributed by atoms with van der Waals surface area (Å²) in [7, 11) is 0. The van der Waals surface area contributed by atoms with Crippen molar-refractivity contribution in [3.05, 3.63) is 0 Å². The smallest absolute Gasteiger partial charge is 0.0629 e. The van der Waals surface area contributed by atoms with Crippen LogP contribution >= 0.6 is 0 Å². The summed E-state index contributed by atoms with van der Waals surface area (Å²) in [5, 5.41) is 8.26. The molecule has 0 spiro atoms. The summed E-state index contributed by atoms with van der Waals surface area (Å²) >= 11 is 0. The minimum absolute atomic E-state index is 0.189. The molecule has 0 aromatic rings. The fraction of sp³-hybridized carbons (Fsp3) is 0.833. The van der Waals surface area contributed by atoms with Crippen LogP contribution in [0.4, 0.5) is 0 Å². The van der Waals surface area contributed by atoms with Crippen molar-refractivity contribution >= 4 is 0 Å². The SMILES string of the molecule is CC1(CC#N)COC1. The molecule has 1 saturated heterocycles. The zero-order valence-corrected chi connectivity index (χ0v) is 4.98. The Morgan fingerprint density at radius 2 is 2.38 bits per heavy atom. The third-order valence-corrected chi connectivity index (χ3v) is 1.41. The summed E-state index contributed by atoms with van der Waals surface area (Å²) in [6, 6.07) is 2.13. The van der Waals surface area contributed by atoms with E-state index in [0.29, 0.717) is 6.42 Å². The van der Waals surface area contributed by atoms with Gasteiger partial charge in [-0.1, -0.05) is 6.92 Å². The van der Waals surface area contributed by atoms with Gasteiger partial charge in [0.25, 0.3) is 0 Å². The first-order valence-corrected chi connectivity index (χ1v) is 2.72. The average Bonchev–Trinajstić information content (AvgIpc) is 1.64. The Kier molecular flexibility index (Phi) is 1.22. The number of hydrogen-bond donors (Lipinski definition) is 0. The van der Waals surface area contributed by atoms with Crippen molar-refractivity contribution in [1.82, 2.24) is 0 Å². The van der Waals surface area contributed by atoms with E-state index < -0.39 is 0 Å². The van der Waals surface area contributed by atoms with E-state index in [1.165, 1.54) is 0 Å². The second-order valence-electron chi connectivity index (χ2n) is 2.64. The first kappa shape index (κ1) is 5.58.